The van der Waals surface area contributed by atoms with Gasteiger partial charge in [-0.25, -0.2) is 4.39 Å². The van der Waals surface area contributed by atoms with E-state index >= 15 is 0 Å². The number of carbonyl (C=O) groups excluding carboxylic acids is 1. The summed E-state index contributed by atoms with van der Waals surface area (Å²) >= 11 is 0. The first-order valence-electron chi connectivity index (χ1n) is 10.8. The highest BCUT2D eigenvalue weighted by Gasteiger charge is 2.27. The Balaban J connectivity index is 1.18. The number of carbonyl (C=O) groups is 1. The first kappa shape index (κ1) is 21.0. The van der Waals surface area contributed by atoms with Crippen molar-refractivity contribution in [3.05, 3.63) is 60.4 Å². The van der Waals surface area contributed by atoms with Crippen LogP contribution in [0.5, 0.6) is 17.2 Å². The summed E-state index contributed by atoms with van der Waals surface area (Å²) in [6.07, 6.45) is -0.769. The van der Waals surface area contributed by atoms with E-state index < -0.39 is 11.9 Å². The summed E-state index contributed by atoms with van der Waals surface area (Å²) in [5.74, 6) is 1.61. The molecule has 1 unspecified atom stereocenters. The topological polar surface area (TPSA) is 77.0 Å². The predicted molar refractivity (Wildman–Crippen MR) is 119 cm³/mol. The van der Waals surface area contributed by atoms with E-state index in [2.05, 4.69) is 15.1 Å². The minimum atomic E-state index is -0.769. The Kier molecular flexibility index (Phi) is 5.68. The van der Waals surface area contributed by atoms with Crippen LogP contribution in [-0.4, -0.2) is 60.1 Å². The van der Waals surface area contributed by atoms with Gasteiger partial charge in [0, 0.05) is 31.7 Å². The van der Waals surface area contributed by atoms with Crippen LogP contribution >= 0.6 is 0 Å². The number of aromatic nitrogens is 2. The Bertz CT molecular complexity index is 1150. The number of para-hydroxylation sites is 1. The molecule has 2 aromatic carbocycles. The molecule has 0 radical (unpaired) electrons. The number of rotatable bonds is 5. The SMILES string of the molecule is CC(Oc1ccccc1F)C(=O)N1CCN(c2ccc(-c3ccc4c(c3)OCO4)nn2)CC1. The van der Waals surface area contributed by atoms with Gasteiger partial charge in [-0.2, -0.15) is 0 Å². The van der Waals surface area contributed by atoms with Crippen molar-refractivity contribution in [3.63, 3.8) is 0 Å². The summed E-state index contributed by atoms with van der Waals surface area (Å²) in [4.78, 5) is 16.6. The summed E-state index contributed by atoms with van der Waals surface area (Å²) in [6.45, 7) is 4.16. The van der Waals surface area contributed by atoms with Gasteiger partial charge in [0.2, 0.25) is 6.79 Å². The van der Waals surface area contributed by atoms with Crippen molar-refractivity contribution in [2.45, 2.75) is 13.0 Å². The molecule has 3 heterocycles. The molecular weight excluding hydrogens is 427 g/mol. The Morgan fingerprint density at radius 1 is 1.00 bits per heavy atom. The molecule has 2 aliphatic rings. The van der Waals surface area contributed by atoms with Gasteiger partial charge < -0.3 is 24.0 Å². The van der Waals surface area contributed by atoms with Gasteiger partial charge in [-0.05, 0) is 49.4 Å². The second-order valence-corrected chi connectivity index (χ2v) is 7.85. The quantitative estimate of drug-likeness (QED) is 0.591. The maximum Gasteiger partial charge on any atom is 0.263 e. The van der Waals surface area contributed by atoms with Crippen molar-refractivity contribution in [3.8, 4) is 28.5 Å². The van der Waals surface area contributed by atoms with Gasteiger partial charge in [0.05, 0.1) is 5.69 Å². The fourth-order valence-electron chi connectivity index (χ4n) is 3.90. The van der Waals surface area contributed by atoms with Crippen molar-refractivity contribution < 1.29 is 23.4 Å². The number of ether oxygens (including phenoxy) is 3. The summed E-state index contributed by atoms with van der Waals surface area (Å²) in [5, 5.41) is 8.74. The van der Waals surface area contributed by atoms with Gasteiger partial charge >= 0.3 is 0 Å². The standard InChI is InChI=1S/C24H23FN4O4/c1-16(33-20-5-3-2-4-18(20)25)24(30)29-12-10-28(11-13-29)23-9-7-19(26-27-23)17-6-8-21-22(14-17)32-15-31-21/h2-9,14,16H,10-13,15H2,1H3. The van der Waals surface area contributed by atoms with Crippen LogP contribution in [-0.2, 0) is 4.79 Å². The average molecular weight is 450 g/mol. The van der Waals surface area contributed by atoms with Gasteiger partial charge in [0.1, 0.15) is 0 Å². The van der Waals surface area contributed by atoms with E-state index in [-0.39, 0.29) is 18.4 Å². The second kappa shape index (κ2) is 8.93. The van der Waals surface area contributed by atoms with Crippen LogP contribution in [0, 0.1) is 5.82 Å². The molecular formula is C24H23FN4O4. The number of halogens is 1. The third kappa shape index (κ3) is 4.39. The highest BCUT2D eigenvalue weighted by atomic mass is 19.1. The molecule has 170 valence electrons. The number of amides is 1. The lowest BCUT2D eigenvalue weighted by Gasteiger charge is -2.36. The van der Waals surface area contributed by atoms with Crippen molar-refractivity contribution in [1.82, 2.24) is 15.1 Å². The van der Waals surface area contributed by atoms with Crippen molar-refractivity contribution >= 4 is 11.7 Å². The van der Waals surface area contributed by atoms with Gasteiger partial charge in [0.15, 0.2) is 35.0 Å². The molecule has 1 amide bonds. The van der Waals surface area contributed by atoms with Crippen LogP contribution < -0.4 is 19.1 Å². The molecule has 1 saturated heterocycles. The molecule has 1 aromatic heterocycles. The fraction of sp³-hybridized carbons (Fsp3) is 0.292. The predicted octanol–water partition coefficient (Wildman–Crippen LogP) is 3.13. The fourth-order valence-corrected chi connectivity index (χ4v) is 3.90. The van der Waals surface area contributed by atoms with Crippen molar-refractivity contribution in [2.24, 2.45) is 0 Å². The highest BCUT2D eigenvalue weighted by molar-refractivity contribution is 5.81. The molecule has 1 fully saturated rings. The number of nitrogens with zero attached hydrogens (tertiary/aromatic N) is 4. The minimum absolute atomic E-state index is 0.0785. The molecule has 2 aliphatic heterocycles. The summed E-state index contributed by atoms with van der Waals surface area (Å²) in [6, 6.07) is 15.6. The molecule has 1 atom stereocenters. The molecule has 8 nitrogen and oxygen atoms in total. The molecule has 5 rings (SSSR count). The molecule has 0 bridgehead atoms. The van der Waals surface area contributed by atoms with Crippen LogP contribution in [0.4, 0.5) is 10.2 Å². The van der Waals surface area contributed by atoms with Gasteiger partial charge in [-0.3, -0.25) is 4.79 Å². The van der Waals surface area contributed by atoms with Crippen LogP contribution in [0.2, 0.25) is 0 Å². The summed E-state index contributed by atoms with van der Waals surface area (Å²) in [7, 11) is 0. The number of benzene rings is 2. The molecule has 3 aromatic rings. The van der Waals surface area contributed by atoms with E-state index in [1.807, 2.05) is 30.3 Å². The third-order valence-corrected chi connectivity index (χ3v) is 5.72. The van der Waals surface area contributed by atoms with Crippen molar-refractivity contribution in [2.75, 3.05) is 37.9 Å². The second-order valence-electron chi connectivity index (χ2n) is 7.85. The molecule has 0 spiro atoms. The van der Waals surface area contributed by atoms with E-state index in [1.54, 1.807) is 24.0 Å². The van der Waals surface area contributed by atoms with Crippen LogP contribution in [0.25, 0.3) is 11.3 Å². The van der Waals surface area contributed by atoms with E-state index in [9.17, 15) is 9.18 Å². The number of hydrogen-bond acceptors (Lipinski definition) is 7. The Labute approximate surface area is 190 Å². The summed E-state index contributed by atoms with van der Waals surface area (Å²) in [5.41, 5.74) is 1.64. The minimum Gasteiger partial charge on any atom is -0.478 e. The largest absolute Gasteiger partial charge is 0.478 e. The maximum atomic E-state index is 13.8. The number of anilines is 1. The van der Waals surface area contributed by atoms with E-state index in [0.717, 1.165) is 22.8 Å². The lowest BCUT2D eigenvalue weighted by Crippen LogP contribution is -2.52. The molecule has 0 N–H and O–H groups in total. The van der Waals surface area contributed by atoms with Gasteiger partial charge in [-0.15, -0.1) is 10.2 Å². The Morgan fingerprint density at radius 2 is 1.79 bits per heavy atom. The summed E-state index contributed by atoms with van der Waals surface area (Å²) < 4.78 is 30.1. The first-order chi connectivity index (χ1) is 16.1. The van der Waals surface area contributed by atoms with Crippen LogP contribution in [0.3, 0.4) is 0 Å². The number of fused-ring (bicyclic) bond motifs is 1. The molecule has 0 saturated carbocycles. The van der Waals surface area contributed by atoms with Crippen LogP contribution in [0.15, 0.2) is 54.6 Å². The van der Waals surface area contributed by atoms with E-state index in [4.69, 9.17) is 14.2 Å². The monoisotopic (exact) mass is 450 g/mol. The van der Waals surface area contributed by atoms with Crippen LogP contribution in [0.1, 0.15) is 6.92 Å². The normalized spacial score (nSPS) is 15.9. The maximum absolute atomic E-state index is 13.8. The lowest BCUT2D eigenvalue weighted by molar-refractivity contribution is -0.138. The van der Waals surface area contributed by atoms with Gasteiger partial charge in [0.25, 0.3) is 5.91 Å². The van der Waals surface area contributed by atoms with Gasteiger partial charge in [-0.1, -0.05) is 12.1 Å². The van der Waals surface area contributed by atoms with E-state index in [1.165, 1.54) is 12.1 Å². The molecule has 33 heavy (non-hydrogen) atoms. The lowest BCUT2D eigenvalue weighted by atomic mass is 10.1. The molecule has 0 aliphatic carbocycles. The smallest absolute Gasteiger partial charge is 0.263 e. The third-order valence-electron chi connectivity index (χ3n) is 5.72. The molecule has 9 heteroatoms. The number of hydrogen-bond donors (Lipinski definition) is 0. The zero-order chi connectivity index (χ0) is 22.8. The highest BCUT2D eigenvalue weighted by Crippen LogP contribution is 2.35. The zero-order valence-electron chi connectivity index (χ0n) is 18.1. The van der Waals surface area contributed by atoms with Crippen molar-refractivity contribution in [1.29, 1.82) is 0 Å². The average Bonchev–Trinajstić information content (AvgIpc) is 3.33. The Hall–Kier alpha value is -3.88. The first-order valence-corrected chi connectivity index (χ1v) is 10.8. The zero-order valence-corrected chi connectivity index (χ0v) is 18.1. The van der Waals surface area contributed by atoms with E-state index in [0.29, 0.717) is 31.9 Å². The Morgan fingerprint density at radius 3 is 2.55 bits per heavy atom. The number of piperazine rings is 1.